The van der Waals surface area contributed by atoms with Crippen LogP contribution < -0.4 is 9.47 Å². The van der Waals surface area contributed by atoms with E-state index < -0.39 is 24.0 Å². The first kappa shape index (κ1) is 51.4. The van der Waals surface area contributed by atoms with E-state index in [4.69, 9.17) is 28.9 Å². The Morgan fingerprint density at radius 2 is 1.62 bits per heavy atom. The number of aliphatic hydroxyl groups is 2. The van der Waals surface area contributed by atoms with Crippen LogP contribution in [0, 0.1) is 17.8 Å². The Balaban J connectivity index is 1.39. The number of carbonyl (C=O) groups excluding carboxylic acids is 1. The van der Waals surface area contributed by atoms with Gasteiger partial charge in [0, 0.05) is 50.5 Å². The first-order chi connectivity index (χ1) is 33.5. The van der Waals surface area contributed by atoms with E-state index in [0.29, 0.717) is 51.2 Å². The number of benzene rings is 3. The summed E-state index contributed by atoms with van der Waals surface area (Å²) in [5.74, 6) is -0.215. The lowest BCUT2D eigenvalue weighted by Crippen LogP contribution is -2.70. The maximum absolute atomic E-state index is 15.5. The lowest BCUT2D eigenvalue weighted by atomic mass is 9.55. The van der Waals surface area contributed by atoms with Crippen LogP contribution in [0.5, 0.6) is 11.5 Å². The Kier molecular flexibility index (Phi) is 20.0. The van der Waals surface area contributed by atoms with E-state index >= 15 is 4.79 Å². The van der Waals surface area contributed by atoms with Gasteiger partial charge in [0.2, 0.25) is 18.0 Å². The number of nitrogens with zero attached hydrogens (tertiary/aromatic N) is 2. The lowest BCUT2D eigenvalue weighted by Gasteiger charge is -2.60. The largest absolute Gasteiger partial charge is 0.490 e. The van der Waals surface area contributed by atoms with Gasteiger partial charge in [0.15, 0.2) is 0 Å². The van der Waals surface area contributed by atoms with Crippen LogP contribution in [0.15, 0.2) is 103 Å². The Hall–Kier alpha value is -4.48. The lowest BCUT2D eigenvalue weighted by molar-refractivity contribution is -0.258. The molecule has 2 heterocycles. The molecule has 4 aliphatic rings. The Morgan fingerprint density at radius 1 is 0.868 bits per heavy atom. The molecule has 0 aromatic heterocycles. The normalized spacial score (nSPS) is 24.6. The van der Waals surface area contributed by atoms with Gasteiger partial charge in [-0.2, -0.15) is 0 Å². The van der Waals surface area contributed by atoms with Crippen LogP contribution in [0.4, 0.5) is 0 Å². The van der Waals surface area contributed by atoms with E-state index in [2.05, 4.69) is 79.6 Å². The molecule has 2 fully saturated rings. The average molecular weight is 933 g/mol. The number of amides is 1. The molecular weight excluding hydrogens is 853 g/mol. The van der Waals surface area contributed by atoms with Crippen LogP contribution in [-0.4, -0.2) is 77.9 Å². The molecule has 0 radical (unpaired) electrons. The smallest absolute Gasteiger partial charge is 0.239 e. The first-order valence-electron chi connectivity index (χ1n) is 26.3. The fraction of sp³-hybridized carbons (Fsp3) is 0.586. The van der Waals surface area contributed by atoms with Gasteiger partial charge in [-0.1, -0.05) is 144 Å². The minimum absolute atomic E-state index is 0.0621. The van der Waals surface area contributed by atoms with Gasteiger partial charge in [0.05, 0.1) is 24.8 Å². The van der Waals surface area contributed by atoms with Gasteiger partial charge in [0.25, 0.3) is 0 Å². The first-order valence-corrected chi connectivity index (χ1v) is 26.3. The standard InChI is InChI=1S/C58H80N2O8/c1-4-7-8-9-10-11-12-13-14-30-54(63)60(42-45-27-23-26-43-24-15-16-28-47(43)45)53-41-51(59-68-55-31-19-22-38-65-55)49-39-44(25-17-20-34-61)48(29-18-21-35-62)56-50-40-46(64-36-5-2)32-33-52(50)67-58(53,57(49)56)66-37-6-3/h5-6,15-16,23-24,26-28,32-33,39-40,44,48,53,55-57,61-62H,2-4,7-14,17-22,25,29-31,34-38,41-42H2,1H3. The van der Waals surface area contributed by atoms with Crippen molar-refractivity contribution < 1.29 is 38.8 Å². The number of hydrogen-bond donors (Lipinski definition) is 2. The predicted molar refractivity (Wildman–Crippen MR) is 272 cm³/mol. The van der Waals surface area contributed by atoms with Crippen molar-refractivity contribution >= 4 is 22.4 Å². The zero-order chi connectivity index (χ0) is 47.6. The second-order valence-electron chi connectivity index (χ2n) is 19.5. The van der Waals surface area contributed by atoms with Crippen LogP contribution in [0.3, 0.4) is 0 Å². The van der Waals surface area contributed by atoms with Crippen molar-refractivity contribution in [3.63, 3.8) is 0 Å². The molecule has 7 unspecified atom stereocenters. The quantitative estimate of drug-likeness (QED) is 0.0401. The monoisotopic (exact) mass is 933 g/mol. The van der Waals surface area contributed by atoms with E-state index in [1.54, 1.807) is 12.2 Å². The molecule has 0 spiro atoms. The van der Waals surface area contributed by atoms with E-state index in [9.17, 15) is 10.2 Å². The molecule has 1 saturated carbocycles. The molecule has 0 bridgehead atoms. The summed E-state index contributed by atoms with van der Waals surface area (Å²) in [5, 5.41) is 27.4. The SMILES string of the molecule is C=CCOc1ccc2c(c1)C1C(CCCCO)C(CCCCO)C=C3C(=NOC4CCCCO4)CC(N(Cc4cccc5ccccc45)C(=O)CCCCCCCCCCC)C(OCC=C)(O2)C31. The highest BCUT2D eigenvalue weighted by molar-refractivity contribution is 6.03. The molecule has 370 valence electrons. The van der Waals surface area contributed by atoms with Gasteiger partial charge in [-0.25, -0.2) is 0 Å². The molecule has 1 saturated heterocycles. The molecule has 10 heteroatoms. The molecule has 68 heavy (non-hydrogen) atoms. The summed E-state index contributed by atoms with van der Waals surface area (Å²) in [4.78, 5) is 24.0. The second kappa shape index (κ2) is 26.5. The summed E-state index contributed by atoms with van der Waals surface area (Å²) in [7, 11) is 0. The van der Waals surface area contributed by atoms with Crippen molar-refractivity contribution in [1.29, 1.82) is 0 Å². The molecule has 1 amide bonds. The van der Waals surface area contributed by atoms with E-state index in [1.165, 1.54) is 38.5 Å². The summed E-state index contributed by atoms with van der Waals surface area (Å²) >= 11 is 0. The summed E-state index contributed by atoms with van der Waals surface area (Å²) in [6.07, 6.45) is 24.2. The number of unbranched alkanes of at least 4 members (excludes halogenated alkanes) is 10. The van der Waals surface area contributed by atoms with Crippen molar-refractivity contribution in [2.75, 3.05) is 33.0 Å². The van der Waals surface area contributed by atoms with Gasteiger partial charge < -0.3 is 38.9 Å². The number of aliphatic hydroxyl groups excluding tert-OH is 2. The minimum Gasteiger partial charge on any atom is -0.490 e. The molecule has 3 aromatic rings. The minimum atomic E-state index is -1.36. The number of fused-ring (bicyclic) bond motifs is 3. The third-order valence-corrected chi connectivity index (χ3v) is 14.8. The van der Waals surface area contributed by atoms with Gasteiger partial charge in [-0.05, 0) is 96.9 Å². The van der Waals surface area contributed by atoms with Crippen molar-refractivity contribution in [3.8, 4) is 11.5 Å². The molecule has 7 rings (SSSR count). The number of allylic oxidation sites excluding steroid dienone is 1. The Morgan fingerprint density at radius 3 is 2.37 bits per heavy atom. The molecule has 3 aromatic carbocycles. The average Bonchev–Trinajstić information content (AvgIpc) is 3.37. The molecule has 10 nitrogen and oxygen atoms in total. The van der Waals surface area contributed by atoms with E-state index in [-0.39, 0.29) is 43.5 Å². The maximum Gasteiger partial charge on any atom is 0.239 e. The maximum atomic E-state index is 15.5. The number of rotatable bonds is 29. The zero-order valence-electron chi connectivity index (χ0n) is 41.0. The van der Waals surface area contributed by atoms with E-state index in [1.807, 2.05) is 12.1 Å². The van der Waals surface area contributed by atoms with Gasteiger partial charge in [-0.3, -0.25) is 4.79 Å². The molecule has 7 atom stereocenters. The highest BCUT2D eigenvalue weighted by Crippen LogP contribution is 2.62. The number of ether oxygens (including phenoxy) is 4. The van der Waals surface area contributed by atoms with Crippen LogP contribution in [0.2, 0.25) is 0 Å². The van der Waals surface area contributed by atoms with Crippen LogP contribution >= 0.6 is 0 Å². The molecule has 2 aliphatic heterocycles. The van der Waals surface area contributed by atoms with Gasteiger partial charge in [-0.15, -0.1) is 6.58 Å². The summed E-state index contributed by atoms with van der Waals surface area (Å²) < 4.78 is 27.2. The van der Waals surface area contributed by atoms with Crippen LogP contribution in [0.25, 0.3) is 10.8 Å². The van der Waals surface area contributed by atoms with Crippen molar-refractivity contribution in [3.05, 3.63) is 109 Å². The van der Waals surface area contributed by atoms with Crippen molar-refractivity contribution in [1.82, 2.24) is 4.90 Å². The third kappa shape index (κ3) is 12.6. The summed E-state index contributed by atoms with van der Waals surface area (Å²) in [6.45, 7) is 12.1. The van der Waals surface area contributed by atoms with Crippen molar-refractivity contribution in [2.24, 2.45) is 22.9 Å². The zero-order valence-corrected chi connectivity index (χ0v) is 41.0. The molecular formula is C58H80N2O8. The summed E-state index contributed by atoms with van der Waals surface area (Å²) in [5.41, 5.74) is 3.88. The fourth-order valence-electron chi connectivity index (χ4n) is 11.5. The molecule has 2 aliphatic carbocycles. The van der Waals surface area contributed by atoms with Gasteiger partial charge >= 0.3 is 0 Å². The Bertz CT molecular complexity index is 2120. The number of carbonyl (C=O) groups is 1. The highest BCUT2D eigenvalue weighted by atomic mass is 16.8. The number of hydrogen-bond acceptors (Lipinski definition) is 9. The highest BCUT2D eigenvalue weighted by Gasteiger charge is 2.65. The second-order valence-corrected chi connectivity index (χ2v) is 19.5. The number of oxime groups is 1. The van der Waals surface area contributed by atoms with E-state index in [0.717, 1.165) is 103 Å². The predicted octanol–water partition coefficient (Wildman–Crippen LogP) is 12.5. The summed E-state index contributed by atoms with van der Waals surface area (Å²) in [6, 6.07) is 20.2. The van der Waals surface area contributed by atoms with Gasteiger partial charge in [0.1, 0.15) is 24.1 Å². The topological polar surface area (TPSA) is 119 Å². The molecule has 2 N–H and O–H groups in total. The third-order valence-electron chi connectivity index (χ3n) is 14.8. The fourth-order valence-corrected chi connectivity index (χ4v) is 11.5. The van der Waals surface area contributed by atoms with Crippen LogP contribution in [0.1, 0.15) is 152 Å². The van der Waals surface area contributed by atoms with Crippen molar-refractivity contribution in [2.45, 2.75) is 166 Å². The Labute approximate surface area is 406 Å². The van der Waals surface area contributed by atoms with Crippen LogP contribution in [-0.2, 0) is 25.7 Å².